The molecule has 0 aliphatic carbocycles. The van der Waals surface area contributed by atoms with Crippen molar-refractivity contribution in [3.8, 4) is 11.5 Å². The fourth-order valence-corrected chi connectivity index (χ4v) is 1.86. The van der Waals surface area contributed by atoms with Crippen molar-refractivity contribution in [3.05, 3.63) is 54.6 Å². The summed E-state index contributed by atoms with van der Waals surface area (Å²) >= 11 is 0. The Labute approximate surface area is 153 Å². The number of nitrogens with zero attached hydrogens (tertiary/aromatic N) is 1. The van der Waals surface area contributed by atoms with Crippen molar-refractivity contribution in [2.75, 3.05) is 25.6 Å². The molecule has 5 nitrogen and oxygen atoms in total. The zero-order chi connectivity index (χ0) is 15.6. The van der Waals surface area contributed by atoms with Gasteiger partial charge in [-0.1, -0.05) is 24.3 Å². The molecular formula is C17H22IN3O2. The molecule has 0 bridgehead atoms. The summed E-state index contributed by atoms with van der Waals surface area (Å²) in [7, 11) is 1.63. The number of benzene rings is 2. The van der Waals surface area contributed by atoms with E-state index in [1.165, 1.54) is 0 Å². The van der Waals surface area contributed by atoms with E-state index >= 15 is 0 Å². The number of aliphatic imine (C=N–C) groups is 1. The van der Waals surface area contributed by atoms with Gasteiger partial charge in [-0.15, -0.1) is 24.0 Å². The summed E-state index contributed by atoms with van der Waals surface area (Å²) in [6.07, 6.45) is 0.801. The predicted octanol–water partition coefficient (Wildman–Crippen LogP) is 3.51. The molecule has 0 saturated carbocycles. The monoisotopic (exact) mass is 427 g/mol. The molecule has 6 heteroatoms. The van der Waals surface area contributed by atoms with Gasteiger partial charge < -0.3 is 20.5 Å². The molecule has 0 aromatic heterocycles. The number of anilines is 1. The number of nitrogens with two attached hydrogens (primary N) is 1. The van der Waals surface area contributed by atoms with Crippen LogP contribution in [0.1, 0.15) is 6.42 Å². The number of halogens is 1. The van der Waals surface area contributed by atoms with Gasteiger partial charge in [-0.25, -0.2) is 0 Å². The van der Waals surface area contributed by atoms with E-state index in [1.807, 2.05) is 54.6 Å². The number of para-hydroxylation sites is 1. The van der Waals surface area contributed by atoms with Crippen LogP contribution in [0.4, 0.5) is 5.69 Å². The average molecular weight is 427 g/mol. The highest BCUT2D eigenvalue weighted by atomic mass is 127. The molecule has 2 aromatic rings. The molecule has 124 valence electrons. The first-order valence-corrected chi connectivity index (χ1v) is 7.17. The van der Waals surface area contributed by atoms with E-state index in [4.69, 9.17) is 15.2 Å². The molecule has 0 aliphatic rings. The van der Waals surface area contributed by atoms with Crippen LogP contribution in [0.2, 0.25) is 0 Å². The smallest absolute Gasteiger partial charge is 0.193 e. The third-order valence-corrected chi connectivity index (χ3v) is 2.94. The summed E-state index contributed by atoms with van der Waals surface area (Å²) in [5.41, 5.74) is 6.70. The number of ether oxygens (including phenoxy) is 2. The van der Waals surface area contributed by atoms with Crippen LogP contribution in [0.3, 0.4) is 0 Å². The van der Waals surface area contributed by atoms with Crippen molar-refractivity contribution in [2.45, 2.75) is 6.42 Å². The molecule has 0 saturated heterocycles. The van der Waals surface area contributed by atoms with Crippen LogP contribution >= 0.6 is 24.0 Å². The molecular weight excluding hydrogens is 405 g/mol. The Morgan fingerprint density at radius 1 is 1.09 bits per heavy atom. The van der Waals surface area contributed by atoms with Crippen LogP contribution in [-0.4, -0.2) is 26.2 Å². The quantitative estimate of drug-likeness (QED) is 0.307. The second kappa shape index (κ2) is 10.7. The van der Waals surface area contributed by atoms with Crippen molar-refractivity contribution in [1.29, 1.82) is 0 Å². The van der Waals surface area contributed by atoms with Crippen LogP contribution in [0, 0.1) is 0 Å². The summed E-state index contributed by atoms with van der Waals surface area (Å²) in [5, 5.41) is 3.03. The van der Waals surface area contributed by atoms with Crippen LogP contribution in [0.5, 0.6) is 11.5 Å². The maximum absolute atomic E-state index is 5.85. The van der Waals surface area contributed by atoms with E-state index in [0.29, 0.717) is 19.1 Å². The molecule has 0 atom stereocenters. The third-order valence-electron chi connectivity index (χ3n) is 2.94. The van der Waals surface area contributed by atoms with E-state index in [9.17, 15) is 0 Å². The Kier molecular flexibility index (Phi) is 8.89. The molecule has 2 aromatic carbocycles. The minimum atomic E-state index is 0. The van der Waals surface area contributed by atoms with Crippen molar-refractivity contribution in [3.63, 3.8) is 0 Å². The second-order valence-corrected chi connectivity index (χ2v) is 4.64. The average Bonchev–Trinajstić information content (AvgIpc) is 2.55. The molecule has 0 spiro atoms. The lowest BCUT2D eigenvalue weighted by atomic mass is 10.3. The summed E-state index contributed by atoms with van der Waals surface area (Å²) < 4.78 is 10.7. The highest BCUT2D eigenvalue weighted by Gasteiger charge is 1.97. The first-order chi connectivity index (χ1) is 10.8. The van der Waals surface area contributed by atoms with Gasteiger partial charge in [0.05, 0.1) is 13.7 Å². The van der Waals surface area contributed by atoms with Crippen molar-refractivity contribution >= 4 is 35.6 Å². The van der Waals surface area contributed by atoms with E-state index < -0.39 is 0 Å². The van der Waals surface area contributed by atoms with E-state index in [1.54, 1.807) is 7.11 Å². The molecule has 23 heavy (non-hydrogen) atoms. The van der Waals surface area contributed by atoms with Gasteiger partial charge in [0, 0.05) is 24.7 Å². The maximum atomic E-state index is 5.85. The van der Waals surface area contributed by atoms with E-state index in [2.05, 4.69) is 10.3 Å². The van der Waals surface area contributed by atoms with Gasteiger partial charge >= 0.3 is 0 Å². The van der Waals surface area contributed by atoms with Crippen LogP contribution in [0.15, 0.2) is 59.6 Å². The zero-order valence-corrected chi connectivity index (χ0v) is 15.4. The Hall–Kier alpha value is -1.96. The van der Waals surface area contributed by atoms with Gasteiger partial charge in [0.15, 0.2) is 5.96 Å². The summed E-state index contributed by atoms with van der Waals surface area (Å²) in [6, 6.07) is 17.3. The van der Waals surface area contributed by atoms with Gasteiger partial charge in [0.1, 0.15) is 11.5 Å². The number of hydrogen-bond acceptors (Lipinski definition) is 3. The predicted molar refractivity (Wildman–Crippen MR) is 105 cm³/mol. The van der Waals surface area contributed by atoms with Crippen molar-refractivity contribution in [1.82, 2.24) is 0 Å². The first-order valence-electron chi connectivity index (χ1n) is 7.17. The minimum Gasteiger partial charge on any atom is -0.497 e. The molecule has 3 N–H and O–H groups in total. The number of guanidine groups is 1. The lowest BCUT2D eigenvalue weighted by Crippen LogP contribution is -2.23. The number of methoxy groups -OCH3 is 1. The fraction of sp³-hybridized carbons (Fsp3) is 0.235. The van der Waals surface area contributed by atoms with Crippen LogP contribution in [0.25, 0.3) is 0 Å². The standard InChI is InChI=1S/C17H21N3O2.HI/c1-21-16-10-5-7-14(13-16)20-17(18)19-11-6-12-22-15-8-3-2-4-9-15;/h2-5,7-10,13H,6,11-12H2,1H3,(H3,18,19,20);1H. The topological polar surface area (TPSA) is 68.9 Å². The fourth-order valence-electron chi connectivity index (χ4n) is 1.86. The van der Waals surface area contributed by atoms with Gasteiger partial charge in [0.25, 0.3) is 0 Å². The number of hydrogen-bond donors (Lipinski definition) is 2. The molecule has 0 radical (unpaired) electrons. The molecule has 0 heterocycles. The summed E-state index contributed by atoms with van der Waals surface area (Å²) in [4.78, 5) is 4.27. The molecule has 2 rings (SSSR count). The first kappa shape index (κ1) is 19.1. The second-order valence-electron chi connectivity index (χ2n) is 4.64. The maximum Gasteiger partial charge on any atom is 0.193 e. The third kappa shape index (κ3) is 7.23. The lowest BCUT2D eigenvalue weighted by Gasteiger charge is -2.07. The number of rotatable bonds is 7. The van der Waals surface area contributed by atoms with E-state index in [0.717, 1.165) is 23.6 Å². The Morgan fingerprint density at radius 2 is 1.83 bits per heavy atom. The van der Waals surface area contributed by atoms with Crippen LogP contribution < -0.4 is 20.5 Å². The zero-order valence-electron chi connectivity index (χ0n) is 13.1. The lowest BCUT2D eigenvalue weighted by molar-refractivity contribution is 0.313. The Bertz CT molecular complexity index is 606. The van der Waals surface area contributed by atoms with Crippen molar-refractivity contribution in [2.24, 2.45) is 10.7 Å². The number of nitrogens with one attached hydrogen (secondary N) is 1. The van der Waals surface area contributed by atoms with Crippen LogP contribution in [-0.2, 0) is 0 Å². The van der Waals surface area contributed by atoms with Gasteiger partial charge in [0.2, 0.25) is 0 Å². The largest absolute Gasteiger partial charge is 0.497 e. The molecule has 0 unspecified atom stereocenters. The van der Waals surface area contributed by atoms with Crippen molar-refractivity contribution < 1.29 is 9.47 Å². The van der Waals surface area contributed by atoms with E-state index in [-0.39, 0.29) is 24.0 Å². The Balaban J connectivity index is 0.00000264. The SMILES string of the molecule is COc1cccc(NC(N)=NCCCOc2ccccc2)c1.I. The Morgan fingerprint density at radius 3 is 2.57 bits per heavy atom. The molecule has 0 aliphatic heterocycles. The minimum absolute atomic E-state index is 0. The highest BCUT2D eigenvalue weighted by Crippen LogP contribution is 2.16. The summed E-state index contributed by atoms with van der Waals surface area (Å²) in [5.74, 6) is 2.02. The molecule has 0 amide bonds. The summed E-state index contributed by atoms with van der Waals surface area (Å²) in [6.45, 7) is 1.22. The normalized spacial score (nSPS) is 10.6. The molecule has 0 fully saturated rings. The van der Waals surface area contributed by atoms with Gasteiger partial charge in [-0.05, 0) is 24.3 Å². The highest BCUT2D eigenvalue weighted by molar-refractivity contribution is 14.0. The van der Waals surface area contributed by atoms with Gasteiger partial charge in [-0.3, -0.25) is 4.99 Å². The van der Waals surface area contributed by atoms with Gasteiger partial charge in [-0.2, -0.15) is 0 Å².